The highest BCUT2D eigenvalue weighted by Gasteiger charge is 2.25. The summed E-state index contributed by atoms with van der Waals surface area (Å²) in [4.78, 5) is 0. The fourth-order valence-electron chi connectivity index (χ4n) is 2.70. The highest BCUT2D eigenvalue weighted by Crippen LogP contribution is 2.32. The normalized spacial score (nSPS) is 20.6. The molecule has 0 aromatic heterocycles. The molecule has 1 heterocycles. The third kappa shape index (κ3) is 3.96. The summed E-state index contributed by atoms with van der Waals surface area (Å²) in [5, 5.41) is 3.56. The molecule has 1 N–H and O–H groups in total. The highest BCUT2D eigenvalue weighted by molar-refractivity contribution is 9.10. The highest BCUT2D eigenvalue weighted by atomic mass is 79.9. The van der Waals surface area contributed by atoms with Crippen LogP contribution in [0.4, 0.5) is 0 Å². The van der Waals surface area contributed by atoms with Crippen molar-refractivity contribution in [3.8, 4) is 5.75 Å². The molecule has 1 aromatic rings. The van der Waals surface area contributed by atoms with Gasteiger partial charge in [-0.25, -0.2) is 0 Å². The van der Waals surface area contributed by atoms with E-state index in [4.69, 9.17) is 9.47 Å². The summed E-state index contributed by atoms with van der Waals surface area (Å²) in [6, 6.07) is 6.58. The molecule has 2 unspecified atom stereocenters. The quantitative estimate of drug-likeness (QED) is 0.845. The zero-order valence-corrected chi connectivity index (χ0v) is 13.9. The zero-order chi connectivity index (χ0) is 14.4. The topological polar surface area (TPSA) is 30.5 Å². The Bertz CT molecular complexity index is 419. The van der Waals surface area contributed by atoms with Gasteiger partial charge in [0.2, 0.25) is 0 Å². The number of nitrogens with one attached hydrogen (secondary N) is 1. The van der Waals surface area contributed by atoms with Gasteiger partial charge < -0.3 is 14.8 Å². The number of hydrogen-bond donors (Lipinski definition) is 1. The number of ether oxygens (including phenoxy) is 2. The molecule has 2 rings (SSSR count). The maximum atomic E-state index is 5.96. The Labute approximate surface area is 130 Å². The van der Waals surface area contributed by atoms with Crippen molar-refractivity contribution in [1.82, 2.24) is 5.32 Å². The van der Waals surface area contributed by atoms with Gasteiger partial charge in [-0.15, -0.1) is 0 Å². The van der Waals surface area contributed by atoms with E-state index in [0.717, 1.165) is 29.8 Å². The zero-order valence-electron chi connectivity index (χ0n) is 12.3. The molecule has 0 bridgehead atoms. The second kappa shape index (κ2) is 8.01. The van der Waals surface area contributed by atoms with Crippen molar-refractivity contribution in [2.75, 3.05) is 19.8 Å². The van der Waals surface area contributed by atoms with Crippen LogP contribution in [-0.2, 0) is 4.74 Å². The number of rotatable bonds is 6. The summed E-state index contributed by atoms with van der Waals surface area (Å²) >= 11 is 3.60. The molecule has 2 atom stereocenters. The Morgan fingerprint density at radius 3 is 2.85 bits per heavy atom. The Kier molecular flexibility index (Phi) is 6.33. The van der Waals surface area contributed by atoms with E-state index < -0.39 is 0 Å². The Hall–Kier alpha value is -0.580. The second-order valence-corrected chi connectivity index (χ2v) is 5.92. The lowest BCUT2D eigenvalue weighted by Gasteiger charge is -2.31. The first-order valence-corrected chi connectivity index (χ1v) is 8.32. The largest absolute Gasteiger partial charge is 0.493 e. The fraction of sp³-hybridized carbons (Fsp3) is 0.625. The maximum absolute atomic E-state index is 5.96. The molecule has 1 aliphatic rings. The smallest absolute Gasteiger partial charge is 0.133 e. The van der Waals surface area contributed by atoms with E-state index in [1.807, 2.05) is 13.0 Å². The first-order valence-electron chi connectivity index (χ1n) is 7.53. The van der Waals surface area contributed by atoms with Crippen LogP contribution in [0.15, 0.2) is 22.7 Å². The number of likely N-dealkylation sites (N-methyl/N-ethyl adjacent to an activating group) is 1. The Morgan fingerprint density at radius 1 is 1.40 bits per heavy atom. The summed E-state index contributed by atoms with van der Waals surface area (Å²) in [6.07, 6.45) is 3.84. The van der Waals surface area contributed by atoms with Gasteiger partial charge in [-0.2, -0.15) is 0 Å². The van der Waals surface area contributed by atoms with E-state index in [0.29, 0.717) is 6.61 Å². The molecule has 4 heteroatoms. The predicted octanol–water partition coefficient (Wildman–Crippen LogP) is 4.07. The van der Waals surface area contributed by atoms with Gasteiger partial charge >= 0.3 is 0 Å². The molecule has 0 radical (unpaired) electrons. The van der Waals surface area contributed by atoms with E-state index in [9.17, 15) is 0 Å². The molecule has 3 nitrogen and oxygen atoms in total. The summed E-state index contributed by atoms with van der Waals surface area (Å²) in [6.45, 7) is 6.64. The minimum atomic E-state index is 0.257. The van der Waals surface area contributed by atoms with Crippen LogP contribution in [0.1, 0.15) is 44.7 Å². The lowest BCUT2D eigenvalue weighted by Crippen LogP contribution is -2.36. The summed E-state index contributed by atoms with van der Waals surface area (Å²) in [5.74, 6) is 0.899. The SMILES string of the molecule is CCNC(c1ccc(OCC)c(Br)c1)C1CCCCO1. The standard InChI is InChI=1S/C16H24BrNO2/c1-3-18-16(15-7-5-6-10-20-15)12-8-9-14(19-4-2)13(17)11-12/h8-9,11,15-16,18H,3-7,10H2,1-2H3. The van der Waals surface area contributed by atoms with Crippen LogP contribution < -0.4 is 10.1 Å². The maximum Gasteiger partial charge on any atom is 0.133 e. The van der Waals surface area contributed by atoms with Gasteiger partial charge in [0.25, 0.3) is 0 Å². The van der Waals surface area contributed by atoms with Gasteiger partial charge in [-0.1, -0.05) is 13.0 Å². The Balaban J connectivity index is 2.17. The minimum Gasteiger partial charge on any atom is -0.493 e. The average Bonchev–Trinajstić information content (AvgIpc) is 2.48. The van der Waals surface area contributed by atoms with Crippen molar-refractivity contribution in [3.05, 3.63) is 28.2 Å². The lowest BCUT2D eigenvalue weighted by molar-refractivity contribution is -0.00788. The summed E-state index contributed by atoms with van der Waals surface area (Å²) in [5.41, 5.74) is 1.26. The van der Waals surface area contributed by atoms with E-state index in [-0.39, 0.29) is 12.1 Å². The molecule has 0 amide bonds. The van der Waals surface area contributed by atoms with Crippen LogP contribution in [-0.4, -0.2) is 25.9 Å². The predicted molar refractivity (Wildman–Crippen MR) is 85.3 cm³/mol. The Morgan fingerprint density at radius 2 is 2.25 bits per heavy atom. The summed E-state index contributed by atoms with van der Waals surface area (Å²) in [7, 11) is 0. The lowest BCUT2D eigenvalue weighted by atomic mass is 9.95. The second-order valence-electron chi connectivity index (χ2n) is 5.06. The molecule has 0 saturated carbocycles. The molecule has 0 aliphatic carbocycles. The van der Waals surface area contributed by atoms with Gasteiger partial charge in [-0.05, 0) is 66.4 Å². The number of halogens is 1. The van der Waals surface area contributed by atoms with Crippen molar-refractivity contribution in [3.63, 3.8) is 0 Å². The third-order valence-corrected chi connectivity index (χ3v) is 4.25. The van der Waals surface area contributed by atoms with Crippen LogP contribution in [0, 0.1) is 0 Å². The number of benzene rings is 1. The van der Waals surface area contributed by atoms with E-state index in [1.54, 1.807) is 0 Å². The van der Waals surface area contributed by atoms with Crippen LogP contribution in [0.2, 0.25) is 0 Å². The molecular formula is C16H24BrNO2. The molecule has 1 fully saturated rings. The fourth-order valence-corrected chi connectivity index (χ4v) is 3.21. The van der Waals surface area contributed by atoms with Crippen LogP contribution in [0.3, 0.4) is 0 Å². The van der Waals surface area contributed by atoms with E-state index >= 15 is 0 Å². The molecule has 1 aromatic carbocycles. The van der Waals surface area contributed by atoms with E-state index in [2.05, 4.69) is 40.3 Å². The molecule has 112 valence electrons. The van der Waals surface area contributed by atoms with Gasteiger partial charge in [0.1, 0.15) is 5.75 Å². The van der Waals surface area contributed by atoms with Gasteiger partial charge in [-0.3, -0.25) is 0 Å². The third-order valence-electron chi connectivity index (χ3n) is 3.63. The van der Waals surface area contributed by atoms with Crippen LogP contribution >= 0.6 is 15.9 Å². The van der Waals surface area contributed by atoms with Crippen molar-refractivity contribution in [1.29, 1.82) is 0 Å². The monoisotopic (exact) mass is 341 g/mol. The molecule has 1 saturated heterocycles. The van der Waals surface area contributed by atoms with Crippen molar-refractivity contribution in [2.24, 2.45) is 0 Å². The first-order chi connectivity index (χ1) is 9.76. The van der Waals surface area contributed by atoms with Crippen molar-refractivity contribution >= 4 is 15.9 Å². The molecule has 1 aliphatic heterocycles. The average molecular weight is 342 g/mol. The van der Waals surface area contributed by atoms with Crippen molar-refractivity contribution in [2.45, 2.75) is 45.3 Å². The van der Waals surface area contributed by atoms with E-state index in [1.165, 1.54) is 18.4 Å². The van der Waals surface area contributed by atoms with Gasteiger partial charge in [0.05, 0.1) is 23.2 Å². The number of hydrogen-bond acceptors (Lipinski definition) is 3. The van der Waals surface area contributed by atoms with Crippen molar-refractivity contribution < 1.29 is 9.47 Å². The van der Waals surface area contributed by atoms with Crippen LogP contribution in [0.25, 0.3) is 0 Å². The van der Waals surface area contributed by atoms with Gasteiger partial charge in [0, 0.05) is 6.61 Å². The van der Waals surface area contributed by atoms with Crippen LogP contribution in [0.5, 0.6) is 5.75 Å². The molecule has 20 heavy (non-hydrogen) atoms. The summed E-state index contributed by atoms with van der Waals surface area (Å²) < 4.78 is 12.5. The molecular weight excluding hydrogens is 318 g/mol. The molecule has 0 spiro atoms. The van der Waals surface area contributed by atoms with Gasteiger partial charge in [0.15, 0.2) is 0 Å². The minimum absolute atomic E-state index is 0.257. The first kappa shape index (κ1) is 15.8.